The lowest BCUT2D eigenvalue weighted by molar-refractivity contribution is -0.108. The number of aldehydes is 1. The maximum atomic E-state index is 10.3. The Hall–Kier alpha value is -0.700. The summed E-state index contributed by atoms with van der Waals surface area (Å²) < 4.78 is 0. The van der Waals surface area contributed by atoms with Gasteiger partial charge in [-0.3, -0.25) is 0 Å². The number of unbranched alkanes of at least 4 members (excludes halogenated alkanes) is 1. The first-order valence-corrected chi connectivity index (χ1v) is 5.00. The second-order valence-electron chi connectivity index (χ2n) is 2.55. The molecule has 1 aliphatic rings. The van der Waals surface area contributed by atoms with Crippen molar-refractivity contribution >= 4 is 18.0 Å². The number of carbonyl (C=O) groups excluding carboxylic acids is 1. The van der Waals surface area contributed by atoms with Crippen molar-refractivity contribution in [2.75, 3.05) is 6.54 Å². The molecule has 0 aliphatic carbocycles. The van der Waals surface area contributed by atoms with Gasteiger partial charge < -0.3 is 9.69 Å². The van der Waals surface area contributed by atoms with Crippen LogP contribution in [-0.2, 0) is 4.79 Å². The first-order valence-electron chi connectivity index (χ1n) is 4.12. The quantitative estimate of drug-likeness (QED) is 0.624. The van der Waals surface area contributed by atoms with E-state index in [1.54, 1.807) is 11.8 Å². The van der Waals surface area contributed by atoms with Crippen LogP contribution in [0.1, 0.15) is 19.8 Å². The number of nitrogens with zero attached hydrogens (tertiary/aromatic N) is 1. The fourth-order valence-corrected chi connectivity index (χ4v) is 1.81. The summed E-state index contributed by atoms with van der Waals surface area (Å²) in [4.78, 5) is 12.2. The Labute approximate surface area is 77.3 Å². The van der Waals surface area contributed by atoms with Gasteiger partial charge in [0.2, 0.25) is 0 Å². The third-order valence-corrected chi connectivity index (χ3v) is 2.49. The van der Waals surface area contributed by atoms with E-state index in [1.165, 1.54) is 5.03 Å². The molecule has 0 saturated carbocycles. The van der Waals surface area contributed by atoms with Gasteiger partial charge in [-0.1, -0.05) is 31.2 Å². The van der Waals surface area contributed by atoms with E-state index in [0.29, 0.717) is 6.54 Å². The number of hydrogen-bond donors (Lipinski definition) is 0. The molecule has 0 radical (unpaired) electrons. The highest BCUT2D eigenvalue weighted by Gasteiger charge is 2.10. The predicted molar refractivity (Wildman–Crippen MR) is 52.5 cm³/mol. The molecule has 0 atom stereocenters. The lowest BCUT2D eigenvalue weighted by Crippen LogP contribution is -2.13. The normalized spacial score (nSPS) is 19.1. The van der Waals surface area contributed by atoms with E-state index in [2.05, 4.69) is 13.0 Å². The lowest BCUT2D eigenvalue weighted by Gasteiger charge is -2.13. The van der Waals surface area contributed by atoms with Crippen LogP contribution >= 0.6 is 11.8 Å². The van der Waals surface area contributed by atoms with Gasteiger partial charge in [-0.2, -0.15) is 0 Å². The van der Waals surface area contributed by atoms with Gasteiger partial charge in [0.15, 0.2) is 0 Å². The Morgan fingerprint density at radius 3 is 3.17 bits per heavy atom. The number of carbonyl (C=O) groups is 1. The van der Waals surface area contributed by atoms with Gasteiger partial charge in [-0.25, -0.2) is 0 Å². The Kier molecular flexibility index (Phi) is 3.94. The van der Waals surface area contributed by atoms with E-state index in [-0.39, 0.29) is 0 Å². The smallest absolute Gasteiger partial charge is 0.139 e. The van der Waals surface area contributed by atoms with Crippen molar-refractivity contribution in [2.24, 2.45) is 0 Å². The molecule has 0 N–H and O–H groups in total. The monoisotopic (exact) mass is 183 g/mol. The van der Waals surface area contributed by atoms with Gasteiger partial charge in [0.1, 0.15) is 6.29 Å². The van der Waals surface area contributed by atoms with E-state index in [4.69, 9.17) is 0 Å². The highest BCUT2D eigenvalue weighted by molar-refractivity contribution is 8.06. The molecule has 1 rings (SSSR count). The second kappa shape index (κ2) is 5.04. The van der Waals surface area contributed by atoms with Gasteiger partial charge in [0.25, 0.3) is 0 Å². The van der Waals surface area contributed by atoms with Gasteiger partial charge >= 0.3 is 0 Å². The summed E-state index contributed by atoms with van der Waals surface area (Å²) in [5.41, 5.74) is 0. The van der Waals surface area contributed by atoms with Crippen LogP contribution < -0.4 is 0 Å². The molecule has 0 aromatic carbocycles. The molecule has 1 aliphatic heterocycles. The van der Waals surface area contributed by atoms with Crippen LogP contribution in [0.2, 0.25) is 0 Å². The first-order chi connectivity index (χ1) is 5.88. The lowest BCUT2D eigenvalue weighted by atomic mass is 10.3. The van der Waals surface area contributed by atoms with Crippen LogP contribution in [0.25, 0.3) is 0 Å². The number of allylic oxidation sites excluding steroid dienone is 1. The molecular formula is C9H13NOS. The molecule has 12 heavy (non-hydrogen) atoms. The van der Waals surface area contributed by atoms with Crippen molar-refractivity contribution in [3.63, 3.8) is 0 Å². The largest absolute Gasteiger partial charge is 0.335 e. The van der Waals surface area contributed by atoms with Crippen molar-refractivity contribution in [1.29, 1.82) is 0 Å². The average molecular weight is 183 g/mol. The molecule has 0 fully saturated rings. The molecule has 0 saturated heterocycles. The summed E-state index contributed by atoms with van der Waals surface area (Å²) in [5.74, 6) is 0. The van der Waals surface area contributed by atoms with E-state index < -0.39 is 0 Å². The van der Waals surface area contributed by atoms with Crippen molar-refractivity contribution in [3.8, 4) is 0 Å². The van der Waals surface area contributed by atoms with Crippen molar-refractivity contribution < 1.29 is 4.79 Å². The second-order valence-corrected chi connectivity index (χ2v) is 3.48. The minimum atomic E-state index is 0.471. The average Bonchev–Trinajstić information content (AvgIpc) is 2.50. The van der Waals surface area contributed by atoms with Crippen LogP contribution in [0.4, 0.5) is 0 Å². The molecular weight excluding hydrogens is 170 g/mol. The third-order valence-electron chi connectivity index (χ3n) is 1.59. The van der Waals surface area contributed by atoms with Gasteiger partial charge in [0, 0.05) is 6.20 Å². The summed E-state index contributed by atoms with van der Waals surface area (Å²) in [6.45, 7) is 2.62. The van der Waals surface area contributed by atoms with Crippen molar-refractivity contribution in [2.45, 2.75) is 19.8 Å². The summed E-state index contributed by atoms with van der Waals surface area (Å²) in [7, 11) is 0. The molecule has 2 nitrogen and oxygen atoms in total. The molecule has 1 heterocycles. The maximum absolute atomic E-state index is 10.3. The van der Waals surface area contributed by atoms with Crippen LogP contribution in [0, 0.1) is 0 Å². The Bertz CT molecular complexity index is 211. The first kappa shape index (κ1) is 9.39. The zero-order valence-electron chi connectivity index (χ0n) is 7.19. The highest BCUT2D eigenvalue weighted by atomic mass is 32.2. The minimum Gasteiger partial charge on any atom is -0.335 e. The summed E-state index contributed by atoms with van der Waals surface area (Å²) in [6.07, 6.45) is 7.28. The van der Waals surface area contributed by atoms with Crippen molar-refractivity contribution in [1.82, 2.24) is 4.90 Å². The molecule has 66 valence electrons. The standard InChI is InChI=1S/C9H13NOS/c1-2-3-4-9-10(5-7-11)6-8-12-9/h4,6-8H,2-3,5H2,1H3. The van der Waals surface area contributed by atoms with Gasteiger partial charge in [0.05, 0.1) is 11.6 Å². The molecule has 0 aromatic rings. The van der Waals surface area contributed by atoms with Crippen LogP contribution in [-0.4, -0.2) is 17.7 Å². The van der Waals surface area contributed by atoms with Crippen LogP contribution in [0.15, 0.2) is 22.7 Å². The summed E-state index contributed by atoms with van der Waals surface area (Å²) in [6, 6.07) is 0. The zero-order chi connectivity index (χ0) is 8.81. The minimum absolute atomic E-state index is 0.471. The van der Waals surface area contributed by atoms with E-state index in [9.17, 15) is 4.79 Å². The predicted octanol–water partition coefficient (Wildman–Crippen LogP) is 2.35. The SMILES string of the molecule is CCCC=C1SC=CN1CC=O. The van der Waals surface area contributed by atoms with Gasteiger partial charge in [-0.05, 0) is 11.8 Å². The van der Waals surface area contributed by atoms with Crippen LogP contribution in [0.5, 0.6) is 0 Å². The Morgan fingerprint density at radius 1 is 1.67 bits per heavy atom. The van der Waals surface area contributed by atoms with E-state index in [0.717, 1.165) is 19.1 Å². The van der Waals surface area contributed by atoms with E-state index in [1.807, 2.05) is 16.5 Å². The van der Waals surface area contributed by atoms with E-state index >= 15 is 0 Å². The molecule has 3 heteroatoms. The molecule has 0 spiro atoms. The number of hydrogen-bond acceptors (Lipinski definition) is 3. The van der Waals surface area contributed by atoms with Gasteiger partial charge in [-0.15, -0.1) is 0 Å². The Morgan fingerprint density at radius 2 is 2.50 bits per heavy atom. The third kappa shape index (κ3) is 2.41. The number of thioether (sulfide) groups is 1. The fraction of sp³-hybridized carbons (Fsp3) is 0.444. The maximum Gasteiger partial charge on any atom is 0.139 e. The molecule has 0 aromatic heterocycles. The zero-order valence-corrected chi connectivity index (χ0v) is 8.01. The molecule has 0 amide bonds. The van der Waals surface area contributed by atoms with Crippen molar-refractivity contribution in [3.05, 3.63) is 22.7 Å². The Balaban J connectivity index is 2.48. The summed E-state index contributed by atoms with van der Waals surface area (Å²) in [5, 5.41) is 3.19. The molecule has 0 bridgehead atoms. The summed E-state index contributed by atoms with van der Waals surface area (Å²) >= 11 is 1.68. The molecule has 0 unspecified atom stereocenters. The fourth-order valence-electron chi connectivity index (χ4n) is 0.979. The highest BCUT2D eigenvalue weighted by Crippen LogP contribution is 2.28. The van der Waals surface area contributed by atoms with Crippen LogP contribution in [0.3, 0.4) is 0 Å². The number of rotatable bonds is 4. The topological polar surface area (TPSA) is 20.3 Å².